The molecule has 21 heavy (non-hydrogen) atoms. The molecule has 0 amide bonds. The summed E-state index contributed by atoms with van der Waals surface area (Å²) in [4.78, 5) is 4.41. The molecule has 3 nitrogen and oxygen atoms in total. The molecule has 0 bridgehead atoms. The highest BCUT2D eigenvalue weighted by Crippen LogP contribution is 2.30. The second-order valence-electron chi connectivity index (χ2n) is 6.00. The maximum Gasteiger partial charge on any atom is 0.143 e. The summed E-state index contributed by atoms with van der Waals surface area (Å²) in [6.07, 6.45) is 0. The van der Waals surface area contributed by atoms with Crippen LogP contribution in [0.3, 0.4) is 0 Å². The summed E-state index contributed by atoms with van der Waals surface area (Å²) < 4.78 is 5.91. The van der Waals surface area contributed by atoms with Crippen molar-refractivity contribution in [3.63, 3.8) is 0 Å². The van der Waals surface area contributed by atoms with E-state index in [1.165, 1.54) is 0 Å². The second kappa shape index (κ2) is 6.77. The Labute approximate surface area is 135 Å². The molecule has 2 aromatic rings. The molecule has 0 saturated carbocycles. The van der Waals surface area contributed by atoms with Crippen molar-refractivity contribution >= 4 is 22.9 Å². The molecule has 5 heteroatoms. The topological polar surface area (TPSA) is 34.1 Å². The fourth-order valence-corrected chi connectivity index (χ4v) is 2.75. The number of ether oxygens (including phenoxy) is 1. The van der Waals surface area contributed by atoms with E-state index < -0.39 is 0 Å². The largest absolute Gasteiger partial charge is 0.485 e. The highest BCUT2D eigenvalue weighted by molar-refractivity contribution is 7.09. The van der Waals surface area contributed by atoms with Crippen LogP contribution in [-0.2, 0) is 13.2 Å². The number of hydrogen-bond acceptors (Lipinski definition) is 4. The van der Waals surface area contributed by atoms with Crippen LogP contribution in [0.2, 0.25) is 5.02 Å². The SMILES string of the molecule is Cc1csc(COc2c(Cl)cccc2CNC(C)(C)C)n1. The smallest absolute Gasteiger partial charge is 0.143 e. The van der Waals surface area contributed by atoms with E-state index in [4.69, 9.17) is 16.3 Å². The Morgan fingerprint density at radius 1 is 1.33 bits per heavy atom. The monoisotopic (exact) mass is 324 g/mol. The molecule has 0 aliphatic heterocycles. The van der Waals surface area contributed by atoms with Crippen LogP contribution in [0.25, 0.3) is 0 Å². The van der Waals surface area contributed by atoms with Crippen LogP contribution in [0, 0.1) is 6.92 Å². The van der Waals surface area contributed by atoms with Gasteiger partial charge in [-0.05, 0) is 33.8 Å². The molecule has 0 fully saturated rings. The first kappa shape index (κ1) is 16.3. The number of para-hydroxylation sites is 1. The van der Waals surface area contributed by atoms with Crippen LogP contribution in [0.5, 0.6) is 5.75 Å². The van der Waals surface area contributed by atoms with E-state index in [0.29, 0.717) is 11.6 Å². The number of thiazole rings is 1. The number of rotatable bonds is 5. The Hall–Kier alpha value is -1.10. The Morgan fingerprint density at radius 2 is 2.10 bits per heavy atom. The average Bonchev–Trinajstić information content (AvgIpc) is 2.80. The Bertz CT molecular complexity index is 605. The standard InChI is InChI=1S/C16H21ClN2OS/c1-11-10-21-14(19-11)9-20-15-12(6-5-7-13(15)17)8-18-16(2,3)4/h5-7,10,18H,8-9H2,1-4H3. The van der Waals surface area contributed by atoms with Crippen molar-refractivity contribution in [3.05, 3.63) is 44.9 Å². The molecule has 0 spiro atoms. The lowest BCUT2D eigenvalue weighted by molar-refractivity contribution is 0.299. The summed E-state index contributed by atoms with van der Waals surface area (Å²) in [5, 5.41) is 7.07. The molecule has 0 atom stereocenters. The second-order valence-corrected chi connectivity index (χ2v) is 7.35. The van der Waals surface area contributed by atoms with Crippen LogP contribution in [0.15, 0.2) is 23.6 Å². The lowest BCUT2D eigenvalue weighted by atomic mass is 10.1. The lowest BCUT2D eigenvalue weighted by Crippen LogP contribution is -2.35. The van der Waals surface area contributed by atoms with Gasteiger partial charge in [-0.3, -0.25) is 0 Å². The van der Waals surface area contributed by atoms with Gasteiger partial charge in [-0.2, -0.15) is 0 Å². The summed E-state index contributed by atoms with van der Waals surface area (Å²) in [6, 6.07) is 5.83. The fourth-order valence-electron chi connectivity index (χ4n) is 1.82. The summed E-state index contributed by atoms with van der Waals surface area (Å²) in [6.45, 7) is 9.55. The molecule has 1 N–H and O–H groups in total. The molecular weight excluding hydrogens is 304 g/mol. The first-order valence-electron chi connectivity index (χ1n) is 6.91. The third-order valence-electron chi connectivity index (χ3n) is 2.86. The maximum atomic E-state index is 6.28. The zero-order valence-electron chi connectivity index (χ0n) is 12.9. The van der Waals surface area contributed by atoms with Crippen LogP contribution < -0.4 is 10.1 Å². The quantitative estimate of drug-likeness (QED) is 0.874. The third kappa shape index (κ3) is 4.99. The number of hydrogen-bond donors (Lipinski definition) is 1. The first-order chi connectivity index (χ1) is 9.85. The van der Waals surface area contributed by atoms with E-state index in [1.807, 2.05) is 30.5 Å². The average molecular weight is 325 g/mol. The Kier molecular flexibility index (Phi) is 5.25. The normalized spacial score (nSPS) is 11.7. The van der Waals surface area contributed by atoms with Crippen molar-refractivity contribution in [3.8, 4) is 5.75 Å². The van der Waals surface area contributed by atoms with Crippen molar-refractivity contribution in [2.75, 3.05) is 0 Å². The van der Waals surface area contributed by atoms with Gasteiger partial charge in [0.15, 0.2) is 0 Å². The van der Waals surface area contributed by atoms with Crippen molar-refractivity contribution in [2.45, 2.75) is 46.4 Å². The number of nitrogens with one attached hydrogen (secondary N) is 1. The van der Waals surface area contributed by atoms with Gasteiger partial charge in [-0.1, -0.05) is 23.7 Å². The molecule has 0 aliphatic carbocycles. The molecule has 1 heterocycles. The summed E-state index contributed by atoms with van der Waals surface area (Å²) in [5.74, 6) is 0.740. The van der Waals surface area contributed by atoms with Gasteiger partial charge in [0.25, 0.3) is 0 Å². The van der Waals surface area contributed by atoms with Crippen molar-refractivity contribution in [2.24, 2.45) is 0 Å². The van der Waals surface area contributed by atoms with Crippen LogP contribution in [0.4, 0.5) is 0 Å². The minimum Gasteiger partial charge on any atom is -0.485 e. The Balaban J connectivity index is 2.10. The van der Waals surface area contributed by atoms with Crippen molar-refractivity contribution in [1.29, 1.82) is 0 Å². The van der Waals surface area contributed by atoms with Gasteiger partial charge in [-0.25, -0.2) is 4.98 Å². The number of halogens is 1. The van der Waals surface area contributed by atoms with E-state index in [0.717, 1.165) is 28.6 Å². The van der Waals surface area contributed by atoms with Gasteiger partial charge in [0.2, 0.25) is 0 Å². The molecule has 2 rings (SSSR count). The molecule has 0 radical (unpaired) electrons. The van der Waals surface area contributed by atoms with Crippen LogP contribution >= 0.6 is 22.9 Å². The predicted octanol–water partition coefficient (Wildman–Crippen LogP) is 4.57. The number of benzene rings is 1. The highest BCUT2D eigenvalue weighted by Gasteiger charge is 2.13. The van der Waals surface area contributed by atoms with Crippen molar-refractivity contribution < 1.29 is 4.74 Å². The van der Waals surface area contributed by atoms with Gasteiger partial charge >= 0.3 is 0 Å². The zero-order valence-corrected chi connectivity index (χ0v) is 14.4. The summed E-state index contributed by atoms with van der Waals surface area (Å²) in [5.41, 5.74) is 2.13. The third-order valence-corrected chi connectivity index (χ3v) is 4.10. The lowest BCUT2D eigenvalue weighted by Gasteiger charge is -2.22. The minimum atomic E-state index is 0.0476. The van der Waals surface area contributed by atoms with E-state index in [-0.39, 0.29) is 5.54 Å². The highest BCUT2D eigenvalue weighted by atomic mass is 35.5. The molecule has 0 unspecified atom stereocenters. The molecule has 1 aromatic carbocycles. The first-order valence-corrected chi connectivity index (χ1v) is 8.17. The summed E-state index contributed by atoms with van der Waals surface area (Å²) >= 11 is 7.88. The van der Waals surface area contributed by atoms with Crippen LogP contribution in [0.1, 0.15) is 37.0 Å². The van der Waals surface area contributed by atoms with Crippen LogP contribution in [-0.4, -0.2) is 10.5 Å². The fraction of sp³-hybridized carbons (Fsp3) is 0.438. The van der Waals surface area contributed by atoms with Crippen molar-refractivity contribution in [1.82, 2.24) is 10.3 Å². The van der Waals surface area contributed by atoms with E-state index in [9.17, 15) is 0 Å². The van der Waals surface area contributed by atoms with E-state index in [2.05, 4.69) is 31.1 Å². The molecule has 1 aromatic heterocycles. The van der Waals surface area contributed by atoms with Gasteiger partial charge < -0.3 is 10.1 Å². The van der Waals surface area contributed by atoms with Gasteiger partial charge in [0.1, 0.15) is 17.4 Å². The van der Waals surface area contributed by atoms with E-state index in [1.54, 1.807) is 11.3 Å². The Morgan fingerprint density at radius 3 is 2.71 bits per heavy atom. The molecule has 0 aliphatic rings. The molecule has 114 valence electrons. The molecular formula is C16H21ClN2OS. The predicted molar refractivity (Wildman–Crippen MR) is 89.2 cm³/mol. The summed E-state index contributed by atoms with van der Waals surface area (Å²) in [7, 11) is 0. The number of aromatic nitrogens is 1. The number of aryl methyl sites for hydroxylation is 1. The minimum absolute atomic E-state index is 0.0476. The number of nitrogens with zero attached hydrogens (tertiary/aromatic N) is 1. The zero-order chi connectivity index (χ0) is 15.5. The van der Waals surface area contributed by atoms with Gasteiger partial charge in [-0.15, -0.1) is 11.3 Å². The van der Waals surface area contributed by atoms with Gasteiger partial charge in [0.05, 0.1) is 5.02 Å². The van der Waals surface area contributed by atoms with E-state index >= 15 is 0 Å². The van der Waals surface area contributed by atoms with Gasteiger partial charge in [0, 0.05) is 28.7 Å². The maximum absolute atomic E-state index is 6.28. The molecule has 0 saturated heterocycles.